The Labute approximate surface area is 818 Å². The smallest absolute Gasteiger partial charge is 0.0794 e. The molecule has 28 rings (SSSR count). The molecule has 9 heterocycles. The van der Waals surface area contributed by atoms with E-state index in [1.165, 1.54) is 114 Å². The van der Waals surface area contributed by atoms with E-state index in [0.29, 0.717) is 0 Å². The van der Waals surface area contributed by atoms with Gasteiger partial charge in [0.15, 0.2) is 0 Å². The number of hydrogen-bond acceptors (Lipinski definition) is 9. The summed E-state index contributed by atoms with van der Waals surface area (Å²) in [5, 5.41) is 26.0. The molecule has 142 heavy (non-hydrogen) atoms. The molecular formula is C133H83N9. The molecule has 0 amide bonds. The first-order valence-corrected chi connectivity index (χ1v) is 47.9. The number of benzene rings is 19. The minimum Gasteiger partial charge on any atom is -0.265 e. The summed E-state index contributed by atoms with van der Waals surface area (Å²) in [6.07, 6.45) is 15.1. The highest BCUT2D eigenvalue weighted by molar-refractivity contribution is 6.20. The Morgan fingerprint density at radius 3 is 0.768 bits per heavy atom. The average Bonchev–Trinajstić information content (AvgIpc) is 0.741. The maximum atomic E-state index is 5.42. The number of pyridine rings is 9. The highest BCUT2D eigenvalue weighted by Gasteiger charge is 2.24. The number of aromatic nitrogens is 9. The fourth-order valence-electron chi connectivity index (χ4n) is 20.7. The topological polar surface area (TPSA) is 116 Å². The second-order valence-electron chi connectivity index (χ2n) is 36.3. The Balaban J connectivity index is 0.000000109. The van der Waals surface area contributed by atoms with Crippen LogP contribution >= 0.6 is 0 Å². The zero-order valence-electron chi connectivity index (χ0n) is 76.9. The van der Waals surface area contributed by atoms with Gasteiger partial charge < -0.3 is 0 Å². The molecule has 9 nitrogen and oxygen atoms in total. The van der Waals surface area contributed by atoms with Gasteiger partial charge in [0, 0.05) is 137 Å². The molecule has 0 saturated carbocycles. The second-order valence-corrected chi connectivity index (χ2v) is 36.3. The van der Waals surface area contributed by atoms with Crippen molar-refractivity contribution in [2.75, 3.05) is 0 Å². The molecule has 28 aromatic rings. The van der Waals surface area contributed by atoms with Gasteiger partial charge in [-0.3, -0.25) is 29.9 Å². The molecule has 0 aliphatic rings. The van der Waals surface area contributed by atoms with Gasteiger partial charge in [0.05, 0.1) is 56.2 Å². The maximum absolute atomic E-state index is 5.42. The summed E-state index contributed by atoms with van der Waals surface area (Å²) in [6.45, 7) is 0. The summed E-state index contributed by atoms with van der Waals surface area (Å²) in [5.41, 5.74) is 29.4. The van der Waals surface area contributed by atoms with Gasteiger partial charge in [-0.25, -0.2) is 15.0 Å². The number of para-hydroxylation sites is 1. The molecule has 0 atom stereocenters. The zero-order chi connectivity index (χ0) is 93.9. The third kappa shape index (κ3) is 15.7. The summed E-state index contributed by atoms with van der Waals surface area (Å²) >= 11 is 0. The predicted octanol–water partition coefficient (Wildman–Crippen LogP) is 34.6. The highest BCUT2D eigenvalue weighted by Crippen LogP contribution is 2.47. The van der Waals surface area contributed by atoms with Gasteiger partial charge in [-0.15, -0.1) is 0 Å². The fourth-order valence-corrected chi connectivity index (χ4v) is 20.7. The van der Waals surface area contributed by atoms with Crippen LogP contribution in [0.15, 0.2) is 505 Å². The molecule has 0 fully saturated rings. The zero-order valence-corrected chi connectivity index (χ0v) is 76.9. The Hall–Kier alpha value is -19.1. The molecule has 0 N–H and O–H groups in total. The lowest BCUT2D eigenvalue weighted by Gasteiger charge is -2.16. The molecule has 9 heteroatoms. The largest absolute Gasteiger partial charge is 0.265 e. The molecule has 0 saturated heterocycles. The van der Waals surface area contributed by atoms with Crippen molar-refractivity contribution in [3.8, 4) is 134 Å². The van der Waals surface area contributed by atoms with E-state index < -0.39 is 0 Å². The van der Waals surface area contributed by atoms with Gasteiger partial charge in [0.1, 0.15) is 0 Å². The van der Waals surface area contributed by atoms with Crippen LogP contribution in [0.25, 0.3) is 275 Å². The van der Waals surface area contributed by atoms with E-state index in [4.69, 9.17) is 29.9 Å². The number of rotatable bonds is 12. The molecule has 0 spiro atoms. The minimum atomic E-state index is 0.896. The second kappa shape index (κ2) is 35.9. The predicted molar refractivity (Wildman–Crippen MR) is 592 cm³/mol. The highest BCUT2D eigenvalue weighted by atomic mass is 14.7. The van der Waals surface area contributed by atoms with E-state index in [2.05, 4.69) is 427 Å². The van der Waals surface area contributed by atoms with Crippen LogP contribution in [0.5, 0.6) is 0 Å². The van der Waals surface area contributed by atoms with Gasteiger partial charge >= 0.3 is 0 Å². The molecule has 19 aromatic carbocycles. The van der Waals surface area contributed by atoms with Gasteiger partial charge in [-0.1, -0.05) is 328 Å². The fraction of sp³-hybridized carbons (Fsp3) is 0. The summed E-state index contributed by atoms with van der Waals surface area (Å²) < 4.78 is 0. The van der Waals surface area contributed by atoms with E-state index in [-0.39, 0.29) is 0 Å². The van der Waals surface area contributed by atoms with Crippen molar-refractivity contribution in [2.24, 2.45) is 0 Å². The third-order valence-electron chi connectivity index (χ3n) is 27.9. The molecule has 660 valence electrons. The van der Waals surface area contributed by atoms with Crippen LogP contribution < -0.4 is 0 Å². The van der Waals surface area contributed by atoms with Gasteiger partial charge in [0.2, 0.25) is 0 Å². The normalized spacial score (nSPS) is 11.5. The SMILES string of the molecule is c1ccc2cc(-c3cc(-c4ccc(-c5ccnc6ccccc56)nc4)c4cc(-c5ccc6ccccc6c5)c5ccccc5c4n3)ccc2c1.c1ccc2cc(-c3cc(-c4ccc(-c5ccncc5)nc4)c4cc(-c5ccc6ccccc6c5)c5ccccc5c4n3)ccc2c1.c1cncc(-c2ccc(-c3cc(-c4ccc5ccccc5c4)nc4c3cc(-c3ccc5ccccc5c3)c3ccccc34)cn2)c1. The molecule has 0 aliphatic heterocycles. The van der Waals surface area contributed by atoms with Crippen LogP contribution in [-0.4, -0.2) is 44.9 Å². The van der Waals surface area contributed by atoms with E-state index in [0.717, 1.165) is 161 Å². The molecule has 9 aromatic heterocycles. The molecule has 0 unspecified atom stereocenters. The third-order valence-corrected chi connectivity index (χ3v) is 27.9. The summed E-state index contributed by atoms with van der Waals surface area (Å²) in [7, 11) is 0. The van der Waals surface area contributed by atoms with Crippen molar-refractivity contribution in [2.45, 2.75) is 0 Å². The van der Waals surface area contributed by atoms with Crippen LogP contribution in [0, 0.1) is 0 Å². The van der Waals surface area contributed by atoms with Crippen LogP contribution in [0.4, 0.5) is 0 Å². The standard InChI is InChI=1S/C47H29N3.2C43H27N3/c1-3-11-32-25-34(19-17-30(32)9-1)41-27-43-42(36-21-22-45(49-29-36)39-23-24-48-44-16-8-7-14-38(39)44)28-46(50-47(43)40-15-6-5-13-37(40)41)35-20-18-31-10-2-4-12-33(31)26-35;1-3-10-30-22-32(17-15-28(30)8-1)38-24-40-39(34-19-20-41(45-27-34)35-12-7-21-44-26-35)25-42(46-43(40)37-14-6-5-13-36(37)38)33-18-16-29-9-2-4-11-31(29)23-33;1-3-9-31-23-33(15-13-28(31)7-1)38-25-40-39(35-17-18-41(45-27-35)30-19-21-44-22-20-30)26-42(46-43(40)37-12-6-5-11-36(37)38)34-16-14-29-8-2-4-10-32(29)24-34/h1-29H;2*1-27H. The summed E-state index contributed by atoms with van der Waals surface area (Å²) in [4.78, 5) is 44.1. The monoisotopic (exact) mass is 1810 g/mol. The summed E-state index contributed by atoms with van der Waals surface area (Å²) in [5.74, 6) is 0. The van der Waals surface area contributed by atoms with Crippen molar-refractivity contribution < 1.29 is 0 Å². The van der Waals surface area contributed by atoms with E-state index in [1.54, 1.807) is 18.6 Å². The molecule has 0 bridgehead atoms. The van der Waals surface area contributed by atoms with E-state index in [9.17, 15) is 0 Å². The number of hydrogen-bond donors (Lipinski definition) is 0. The van der Waals surface area contributed by atoms with Crippen molar-refractivity contribution in [1.29, 1.82) is 0 Å². The van der Waals surface area contributed by atoms with Crippen LogP contribution in [-0.2, 0) is 0 Å². The lowest BCUT2D eigenvalue weighted by atomic mass is 9.90. The van der Waals surface area contributed by atoms with Gasteiger partial charge in [-0.05, 0) is 258 Å². The van der Waals surface area contributed by atoms with Crippen molar-refractivity contribution >= 4 is 141 Å². The maximum Gasteiger partial charge on any atom is 0.0794 e. The van der Waals surface area contributed by atoms with Gasteiger partial charge in [0.25, 0.3) is 0 Å². The first-order valence-electron chi connectivity index (χ1n) is 47.9. The Kier molecular flexibility index (Phi) is 21.1. The van der Waals surface area contributed by atoms with Gasteiger partial charge in [-0.2, -0.15) is 0 Å². The minimum absolute atomic E-state index is 0.896. The van der Waals surface area contributed by atoms with Crippen LogP contribution in [0.3, 0.4) is 0 Å². The van der Waals surface area contributed by atoms with E-state index >= 15 is 0 Å². The van der Waals surface area contributed by atoms with E-state index in [1.807, 2.05) is 73.4 Å². The number of fused-ring (bicyclic) bond motifs is 16. The lowest BCUT2D eigenvalue weighted by Crippen LogP contribution is -1.94. The average molecular weight is 1810 g/mol. The Bertz CT molecular complexity index is 9490. The molecular weight excluding hydrogens is 1720 g/mol. The van der Waals surface area contributed by atoms with Crippen molar-refractivity contribution in [3.05, 3.63) is 505 Å². The van der Waals surface area contributed by atoms with Crippen molar-refractivity contribution in [3.63, 3.8) is 0 Å². The first-order chi connectivity index (χ1) is 70.3. The molecule has 0 aliphatic carbocycles. The van der Waals surface area contributed by atoms with Crippen LogP contribution in [0.2, 0.25) is 0 Å². The molecule has 0 radical (unpaired) electrons. The Morgan fingerprint density at radius 2 is 0.423 bits per heavy atom. The summed E-state index contributed by atoms with van der Waals surface area (Å²) in [6, 6.07) is 162. The quantitative estimate of drug-likeness (QED) is 0.110. The van der Waals surface area contributed by atoms with Crippen LogP contribution in [0.1, 0.15) is 0 Å². The Morgan fingerprint density at radius 1 is 0.127 bits per heavy atom. The van der Waals surface area contributed by atoms with Crippen molar-refractivity contribution in [1.82, 2.24) is 44.9 Å². The lowest BCUT2D eigenvalue weighted by molar-refractivity contribution is 1.28. The number of nitrogens with zero attached hydrogens (tertiary/aromatic N) is 9. The first kappa shape index (κ1) is 83.5.